The molecule has 0 saturated heterocycles. The van der Waals surface area contributed by atoms with Crippen molar-refractivity contribution in [1.82, 2.24) is 9.29 Å². The Hall–Kier alpha value is -3.63. The number of benzene rings is 2. The lowest BCUT2D eigenvalue weighted by atomic mass is 10.1. The molecule has 0 radical (unpaired) electrons. The first-order chi connectivity index (χ1) is 15.8. The minimum Gasteiger partial charge on any atom is -0.384 e. The molecular formula is C23H20N4O4S2. The van der Waals surface area contributed by atoms with Crippen molar-refractivity contribution in [2.45, 2.75) is 17.6 Å². The number of thiophene rings is 1. The third-order valence-corrected chi connectivity index (χ3v) is 8.27. The normalized spacial score (nSPS) is 12.9. The number of nitrogens with one attached hydrogen (secondary N) is 3. The summed E-state index contributed by atoms with van der Waals surface area (Å²) in [6.45, 7) is 2.66. The number of carbonyl (C=O) groups excluding carboxylic acids is 1. The van der Waals surface area contributed by atoms with Crippen LogP contribution in [0.4, 0.5) is 16.2 Å². The third-order valence-electron chi connectivity index (χ3n) is 5.45. The smallest absolute Gasteiger partial charge is 0.333 e. The number of hydrogen-bond acceptors (Lipinski definition) is 6. The van der Waals surface area contributed by atoms with Crippen LogP contribution in [0.15, 0.2) is 69.8 Å². The van der Waals surface area contributed by atoms with Gasteiger partial charge in [0.2, 0.25) is 0 Å². The van der Waals surface area contributed by atoms with Crippen LogP contribution >= 0.6 is 11.3 Å². The second kappa shape index (κ2) is 8.05. The van der Waals surface area contributed by atoms with Crippen LogP contribution in [-0.2, 0) is 16.4 Å². The number of aromatic nitrogens is 1. The molecule has 0 spiro atoms. The molecule has 4 aromatic rings. The molecule has 5 rings (SSSR count). The van der Waals surface area contributed by atoms with E-state index in [9.17, 15) is 18.0 Å². The highest BCUT2D eigenvalue weighted by atomic mass is 32.2. The molecule has 3 N–H and O–H groups in total. The molecule has 10 heteroatoms. The molecule has 2 aromatic heterocycles. The molecular weight excluding hydrogens is 460 g/mol. The lowest BCUT2D eigenvalue weighted by Gasteiger charge is -2.11. The Morgan fingerprint density at radius 2 is 1.88 bits per heavy atom. The maximum Gasteiger partial charge on any atom is 0.333 e. The van der Waals surface area contributed by atoms with Gasteiger partial charge in [0.05, 0.1) is 0 Å². The van der Waals surface area contributed by atoms with E-state index in [1.165, 1.54) is 6.07 Å². The van der Waals surface area contributed by atoms with Crippen molar-refractivity contribution in [3.05, 3.63) is 81.6 Å². The summed E-state index contributed by atoms with van der Waals surface area (Å²) in [4.78, 5) is 26.1. The zero-order valence-corrected chi connectivity index (χ0v) is 19.2. The first-order valence-corrected chi connectivity index (χ1v) is 12.5. The Balaban J connectivity index is 1.35. The number of aryl methyl sites for hydroxylation is 1. The zero-order valence-electron chi connectivity index (χ0n) is 17.6. The molecule has 0 aliphatic carbocycles. The Morgan fingerprint density at radius 3 is 2.61 bits per heavy atom. The summed E-state index contributed by atoms with van der Waals surface area (Å²) in [5.41, 5.74) is 3.11. The Kier molecular flexibility index (Phi) is 5.18. The van der Waals surface area contributed by atoms with Crippen molar-refractivity contribution in [3.8, 4) is 5.69 Å². The van der Waals surface area contributed by atoms with E-state index in [0.29, 0.717) is 16.8 Å². The molecule has 2 amide bonds. The quantitative estimate of drug-likeness (QED) is 0.411. The monoisotopic (exact) mass is 480 g/mol. The molecule has 0 bridgehead atoms. The van der Waals surface area contributed by atoms with Crippen LogP contribution in [0, 0.1) is 6.92 Å². The van der Waals surface area contributed by atoms with E-state index in [-0.39, 0.29) is 9.77 Å². The highest BCUT2D eigenvalue weighted by Crippen LogP contribution is 2.27. The van der Waals surface area contributed by atoms with Crippen molar-refractivity contribution in [2.24, 2.45) is 0 Å². The van der Waals surface area contributed by atoms with Crippen molar-refractivity contribution in [1.29, 1.82) is 0 Å². The van der Waals surface area contributed by atoms with Crippen LogP contribution in [0.3, 0.4) is 0 Å². The molecule has 1 aliphatic heterocycles. The van der Waals surface area contributed by atoms with Gasteiger partial charge in [-0.1, -0.05) is 0 Å². The lowest BCUT2D eigenvalue weighted by molar-refractivity contribution is 0.256. The van der Waals surface area contributed by atoms with Crippen molar-refractivity contribution >= 4 is 49.5 Å². The highest BCUT2D eigenvalue weighted by Gasteiger charge is 2.19. The summed E-state index contributed by atoms with van der Waals surface area (Å²) in [6.07, 6.45) is 2.61. The molecule has 0 atom stereocenters. The number of urea groups is 1. The second-order valence-electron chi connectivity index (χ2n) is 7.74. The maximum absolute atomic E-state index is 13.1. The topological polar surface area (TPSA) is 109 Å². The Bertz CT molecular complexity index is 1550. The molecule has 3 heterocycles. The van der Waals surface area contributed by atoms with Gasteiger partial charge in [-0.15, -0.1) is 11.3 Å². The SMILES string of the molecule is Cc1ccc(S(=O)(=O)NC(=O)Nc2ccc(-n3ccc4cc5c(cc4c3=O)CCN5)cc2)s1. The van der Waals surface area contributed by atoms with Crippen LogP contribution in [0.5, 0.6) is 0 Å². The predicted molar refractivity (Wildman–Crippen MR) is 130 cm³/mol. The Morgan fingerprint density at radius 1 is 1.09 bits per heavy atom. The average Bonchev–Trinajstić information content (AvgIpc) is 3.42. The summed E-state index contributed by atoms with van der Waals surface area (Å²) < 4.78 is 28.2. The maximum atomic E-state index is 13.1. The highest BCUT2D eigenvalue weighted by molar-refractivity contribution is 7.92. The Labute approximate surface area is 193 Å². The number of hydrogen-bond donors (Lipinski definition) is 3. The van der Waals surface area contributed by atoms with Gasteiger partial charge < -0.3 is 10.6 Å². The third kappa shape index (κ3) is 4.10. The molecule has 168 valence electrons. The molecule has 1 aliphatic rings. The molecule has 0 unspecified atom stereocenters. The van der Waals surface area contributed by atoms with E-state index in [1.807, 2.05) is 22.9 Å². The van der Waals surface area contributed by atoms with Gasteiger partial charge in [-0.25, -0.2) is 17.9 Å². The number of pyridine rings is 1. The molecule has 2 aromatic carbocycles. The predicted octanol–water partition coefficient (Wildman–Crippen LogP) is 3.84. The number of sulfonamides is 1. The largest absolute Gasteiger partial charge is 0.384 e. The van der Waals surface area contributed by atoms with Crippen LogP contribution in [-0.4, -0.2) is 25.6 Å². The zero-order chi connectivity index (χ0) is 23.2. The minimum absolute atomic E-state index is 0.0719. The van der Waals surface area contributed by atoms with Crippen LogP contribution < -0.4 is 20.9 Å². The van der Waals surface area contributed by atoms with Gasteiger partial charge in [-0.3, -0.25) is 9.36 Å². The first-order valence-electron chi connectivity index (χ1n) is 10.2. The number of fused-ring (bicyclic) bond motifs is 2. The van der Waals surface area contributed by atoms with Gasteiger partial charge in [0.25, 0.3) is 15.6 Å². The summed E-state index contributed by atoms with van der Waals surface area (Å²) >= 11 is 1.08. The van der Waals surface area contributed by atoms with Crippen molar-refractivity contribution in [2.75, 3.05) is 17.2 Å². The van der Waals surface area contributed by atoms with Crippen LogP contribution in [0.1, 0.15) is 10.4 Å². The standard InChI is InChI=1S/C23H20N4O4S2/c1-14-2-7-21(32-14)33(30,31)26-23(29)25-17-3-5-18(6-4-17)27-11-9-15-13-20-16(8-10-24-20)12-19(15)22(27)28/h2-7,9,11-13,24H,8,10H2,1H3,(H2,25,26,29). The number of carbonyl (C=O) groups is 1. The lowest BCUT2D eigenvalue weighted by Crippen LogP contribution is -2.33. The molecule has 0 saturated carbocycles. The van der Waals surface area contributed by atoms with Crippen molar-refractivity contribution < 1.29 is 13.2 Å². The number of amides is 2. The summed E-state index contributed by atoms with van der Waals surface area (Å²) in [5, 5.41) is 7.35. The number of nitrogens with zero attached hydrogens (tertiary/aromatic N) is 1. The van der Waals surface area contributed by atoms with Crippen molar-refractivity contribution in [3.63, 3.8) is 0 Å². The molecule has 33 heavy (non-hydrogen) atoms. The fourth-order valence-electron chi connectivity index (χ4n) is 3.83. The van der Waals surface area contributed by atoms with Gasteiger partial charge >= 0.3 is 6.03 Å². The van der Waals surface area contributed by atoms with Gasteiger partial charge in [0.15, 0.2) is 0 Å². The van der Waals surface area contributed by atoms with E-state index >= 15 is 0 Å². The first kappa shape index (κ1) is 21.2. The van der Waals surface area contributed by atoms with E-state index in [1.54, 1.807) is 48.0 Å². The van der Waals surface area contributed by atoms with E-state index in [4.69, 9.17) is 0 Å². The van der Waals surface area contributed by atoms with Gasteiger partial charge in [-0.2, -0.15) is 0 Å². The average molecular weight is 481 g/mol. The number of anilines is 2. The number of rotatable bonds is 4. The van der Waals surface area contributed by atoms with Gasteiger partial charge in [0, 0.05) is 40.1 Å². The summed E-state index contributed by atoms with van der Waals surface area (Å²) in [7, 11) is -3.93. The minimum atomic E-state index is -3.93. The van der Waals surface area contributed by atoms with Gasteiger partial charge in [-0.05, 0) is 78.9 Å². The van der Waals surface area contributed by atoms with E-state index in [0.717, 1.165) is 45.8 Å². The van der Waals surface area contributed by atoms with Gasteiger partial charge in [0.1, 0.15) is 4.21 Å². The summed E-state index contributed by atoms with van der Waals surface area (Å²) in [5.74, 6) is 0. The van der Waals surface area contributed by atoms with E-state index < -0.39 is 16.1 Å². The summed E-state index contributed by atoms with van der Waals surface area (Å²) in [6, 6.07) is 14.7. The fraction of sp³-hybridized carbons (Fsp3) is 0.130. The van der Waals surface area contributed by atoms with Crippen LogP contribution in [0.2, 0.25) is 0 Å². The van der Waals surface area contributed by atoms with E-state index in [2.05, 4.69) is 10.6 Å². The van der Waals surface area contributed by atoms with Crippen LogP contribution in [0.25, 0.3) is 16.5 Å². The molecule has 0 fully saturated rings. The second-order valence-corrected chi connectivity index (χ2v) is 10.9. The fourth-order valence-corrected chi connectivity index (χ4v) is 6.02. The molecule has 8 nitrogen and oxygen atoms in total.